The number of rotatable bonds is 5. The van der Waals surface area contributed by atoms with E-state index in [1.54, 1.807) is 0 Å². The number of benzene rings is 2. The van der Waals surface area contributed by atoms with Gasteiger partial charge in [0.1, 0.15) is 5.82 Å². The lowest BCUT2D eigenvalue weighted by atomic mass is 10.1. The molecule has 1 aliphatic heterocycles. The van der Waals surface area contributed by atoms with Gasteiger partial charge in [-0.2, -0.15) is 4.98 Å². The van der Waals surface area contributed by atoms with Gasteiger partial charge in [0.15, 0.2) is 0 Å². The van der Waals surface area contributed by atoms with Crippen LogP contribution in [0.5, 0.6) is 0 Å². The fourth-order valence-electron chi connectivity index (χ4n) is 3.46. The van der Waals surface area contributed by atoms with Gasteiger partial charge < -0.3 is 15.5 Å². The standard InChI is InChI=1S/C23H24IN5O/c1-16-15-21(29-13-3-2-4-14-29)28-23(25-16)27-20-11-9-19(10-12-20)26-22(30)17-5-7-18(24)8-6-17/h5-12,15H,2-4,13-14H2,1H3,(H,26,30)(H,25,27,28). The van der Waals surface area contributed by atoms with Gasteiger partial charge in [0.05, 0.1) is 0 Å². The van der Waals surface area contributed by atoms with Gasteiger partial charge in [-0.1, -0.05) is 0 Å². The van der Waals surface area contributed by atoms with Gasteiger partial charge in [-0.05, 0) is 97.3 Å². The highest BCUT2D eigenvalue weighted by molar-refractivity contribution is 14.1. The SMILES string of the molecule is Cc1cc(N2CCCCC2)nc(Nc2ccc(NC(=O)c3ccc(I)cc3)cc2)n1. The highest BCUT2D eigenvalue weighted by Gasteiger charge is 2.14. The number of aromatic nitrogens is 2. The van der Waals surface area contributed by atoms with Crippen LogP contribution in [0.3, 0.4) is 0 Å². The van der Waals surface area contributed by atoms with E-state index >= 15 is 0 Å². The molecule has 1 aromatic heterocycles. The third kappa shape index (κ3) is 5.27. The number of carbonyl (C=O) groups is 1. The van der Waals surface area contributed by atoms with Crippen molar-refractivity contribution in [1.82, 2.24) is 9.97 Å². The number of piperidine rings is 1. The summed E-state index contributed by atoms with van der Waals surface area (Å²) in [6.45, 7) is 4.08. The number of anilines is 4. The lowest BCUT2D eigenvalue weighted by molar-refractivity contribution is 0.102. The Labute approximate surface area is 190 Å². The van der Waals surface area contributed by atoms with Crippen LogP contribution < -0.4 is 15.5 Å². The zero-order valence-electron chi connectivity index (χ0n) is 16.9. The van der Waals surface area contributed by atoms with Crippen molar-refractivity contribution in [1.29, 1.82) is 0 Å². The van der Waals surface area contributed by atoms with Gasteiger partial charge in [0, 0.05) is 45.4 Å². The van der Waals surface area contributed by atoms with E-state index in [9.17, 15) is 4.79 Å². The lowest BCUT2D eigenvalue weighted by Gasteiger charge is -2.28. The number of hydrogen-bond donors (Lipinski definition) is 2. The largest absolute Gasteiger partial charge is 0.356 e. The molecule has 1 saturated heterocycles. The van der Waals surface area contributed by atoms with Crippen LogP contribution in [0.1, 0.15) is 35.3 Å². The number of nitrogens with zero attached hydrogens (tertiary/aromatic N) is 3. The van der Waals surface area contributed by atoms with Crippen LogP contribution in [0, 0.1) is 10.5 Å². The first-order chi connectivity index (χ1) is 14.6. The van der Waals surface area contributed by atoms with E-state index < -0.39 is 0 Å². The number of amides is 1. The molecule has 1 aliphatic rings. The molecule has 1 amide bonds. The second kappa shape index (κ2) is 9.42. The first-order valence-electron chi connectivity index (χ1n) is 10.1. The van der Waals surface area contributed by atoms with Crippen LogP contribution in [0.15, 0.2) is 54.6 Å². The van der Waals surface area contributed by atoms with E-state index in [-0.39, 0.29) is 5.91 Å². The molecule has 0 spiro atoms. The van der Waals surface area contributed by atoms with Crippen molar-refractivity contribution in [3.63, 3.8) is 0 Å². The Morgan fingerprint density at radius 3 is 2.30 bits per heavy atom. The van der Waals surface area contributed by atoms with Crippen molar-refractivity contribution >= 4 is 51.6 Å². The summed E-state index contributed by atoms with van der Waals surface area (Å²) < 4.78 is 1.10. The van der Waals surface area contributed by atoms with Crippen molar-refractivity contribution in [2.24, 2.45) is 0 Å². The minimum absolute atomic E-state index is 0.125. The van der Waals surface area contributed by atoms with Crippen LogP contribution in [0.4, 0.5) is 23.1 Å². The highest BCUT2D eigenvalue weighted by atomic mass is 127. The summed E-state index contributed by atoms with van der Waals surface area (Å²) in [6.07, 6.45) is 3.71. The summed E-state index contributed by atoms with van der Waals surface area (Å²) in [7, 11) is 0. The average Bonchev–Trinajstić information content (AvgIpc) is 2.76. The monoisotopic (exact) mass is 513 g/mol. The van der Waals surface area contributed by atoms with Crippen LogP contribution in [0.25, 0.3) is 0 Å². The molecular formula is C23H24IN5O. The minimum atomic E-state index is -0.125. The molecule has 0 saturated carbocycles. The maximum absolute atomic E-state index is 12.4. The molecule has 7 heteroatoms. The summed E-state index contributed by atoms with van der Waals surface area (Å²) in [6, 6.07) is 17.1. The number of carbonyl (C=O) groups excluding carboxylic acids is 1. The molecule has 0 unspecified atom stereocenters. The Kier molecular flexibility index (Phi) is 6.47. The number of hydrogen-bond acceptors (Lipinski definition) is 5. The quantitative estimate of drug-likeness (QED) is 0.449. The molecule has 2 heterocycles. The van der Waals surface area contributed by atoms with Crippen LogP contribution >= 0.6 is 22.6 Å². The van der Waals surface area contributed by atoms with Gasteiger partial charge >= 0.3 is 0 Å². The van der Waals surface area contributed by atoms with Gasteiger partial charge in [-0.3, -0.25) is 4.79 Å². The maximum atomic E-state index is 12.4. The fourth-order valence-corrected chi connectivity index (χ4v) is 3.82. The Morgan fingerprint density at radius 1 is 0.933 bits per heavy atom. The van der Waals surface area contributed by atoms with Crippen molar-refractivity contribution in [3.8, 4) is 0 Å². The van der Waals surface area contributed by atoms with E-state index in [2.05, 4.69) is 43.1 Å². The van der Waals surface area contributed by atoms with Crippen molar-refractivity contribution < 1.29 is 4.79 Å². The third-order valence-corrected chi connectivity index (χ3v) is 5.75. The van der Waals surface area contributed by atoms with Gasteiger partial charge in [-0.15, -0.1) is 0 Å². The second-order valence-corrected chi connectivity index (χ2v) is 8.65. The zero-order chi connectivity index (χ0) is 20.9. The fraction of sp³-hybridized carbons (Fsp3) is 0.261. The molecule has 6 nitrogen and oxygen atoms in total. The van der Waals surface area contributed by atoms with E-state index in [1.165, 1.54) is 19.3 Å². The lowest BCUT2D eigenvalue weighted by Crippen LogP contribution is -2.30. The van der Waals surface area contributed by atoms with Crippen molar-refractivity contribution in [2.75, 3.05) is 28.6 Å². The summed E-state index contributed by atoms with van der Waals surface area (Å²) in [5.74, 6) is 1.44. The number of nitrogens with one attached hydrogen (secondary N) is 2. The van der Waals surface area contributed by atoms with E-state index in [1.807, 2.05) is 61.5 Å². The molecule has 1 fully saturated rings. The Bertz CT molecular complexity index is 1010. The minimum Gasteiger partial charge on any atom is -0.356 e. The number of aryl methyl sites for hydroxylation is 1. The number of halogens is 1. The van der Waals surface area contributed by atoms with Crippen molar-refractivity contribution in [2.45, 2.75) is 26.2 Å². The van der Waals surface area contributed by atoms with Crippen LogP contribution in [0.2, 0.25) is 0 Å². The average molecular weight is 513 g/mol. The zero-order valence-corrected chi connectivity index (χ0v) is 19.0. The molecule has 3 aromatic rings. The first-order valence-corrected chi connectivity index (χ1v) is 11.2. The van der Waals surface area contributed by atoms with E-state index in [0.717, 1.165) is 39.5 Å². The van der Waals surface area contributed by atoms with Crippen LogP contribution in [-0.2, 0) is 0 Å². The van der Waals surface area contributed by atoms with Crippen molar-refractivity contribution in [3.05, 3.63) is 69.4 Å². The summed E-state index contributed by atoms with van der Waals surface area (Å²) in [5.41, 5.74) is 3.19. The van der Waals surface area contributed by atoms with Crippen LogP contribution in [-0.4, -0.2) is 29.0 Å². The summed E-state index contributed by atoms with van der Waals surface area (Å²) in [5, 5.41) is 6.20. The molecule has 4 rings (SSSR count). The third-order valence-electron chi connectivity index (χ3n) is 5.03. The Hall–Kier alpha value is -2.68. The molecular weight excluding hydrogens is 489 g/mol. The molecule has 30 heavy (non-hydrogen) atoms. The van der Waals surface area contributed by atoms with Gasteiger partial charge in [0.25, 0.3) is 5.91 Å². The second-order valence-electron chi connectivity index (χ2n) is 7.40. The predicted octanol–water partition coefficient (Wildman–Crippen LogP) is 5.38. The molecule has 2 N–H and O–H groups in total. The normalized spacial score (nSPS) is 13.7. The molecule has 0 radical (unpaired) electrons. The summed E-state index contributed by atoms with van der Waals surface area (Å²) >= 11 is 2.22. The topological polar surface area (TPSA) is 70.2 Å². The molecule has 154 valence electrons. The van der Waals surface area contributed by atoms with E-state index in [0.29, 0.717) is 11.5 Å². The first kappa shape index (κ1) is 20.6. The van der Waals surface area contributed by atoms with E-state index in [4.69, 9.17) is 4.98 Å². The predicted molar refractivity (Wildman–Crippen MR) is 130 cm³/mol. The van der Waals surface area contributed by atoms with Gasteiger partial charge in [-0.25, -0.2) is 4.98 Å². The molecule has 0 atom stereocenters. The smallest absolute Gasteiger partial charge is 0.255 e. The highest BCUT2D eigenvalue weighted by Crippen LogP contribution is 2.22. The molecule has 0 bridgehead atoms. The van der Waals surface area contributed by atoms with Gasteiger partial charge in [0.2, 0.25) is 5.95 Å². The molecule has 2 aromatic carbocycles. The maximum Gasteiger partial charge on any atom is 0.255 e. The Balaban J connectivity index is 1.42. The summed E-state index contributed by atoms with van der Waals surface area (Å²) in [4.78, 5) is 23.9. The Morgan fingerprint density at radius 2 is 1.60 bits per heavy atom. The molecule has 0 aliphatic carbocycles.